The summed E-state index contributed by atoms with van der Waals surface area (Å²) in [5.74, 6) is 0.888. The Hall–Kier alpha value is -1.71. The van der Waals surface area contributed by atoms with Crippen molar-refractivity contribution in [3.05, 3.63) is 23.8 Å². The number of ether oxygens (including phenoxy) is 1. The zero-order valence-corrected chi connectivity index (χ0v) is 11.9. The Bertz CT molecular complexity index is 481. The molecule has 2 heterocycles. The molecule has 0 bridgehead atoms. The molecular weight excluding hydrogens is 252 g/mol. The molecule has 1 aromatic rings. The first kappa shape index (κ1) is 13.3. The van der Waals surface area contributed by atoms with Crippen molar-refractivity contribution in [2.24, 2.45) is 0 Å². The number of anilines is 1. The van der Waals surface area contributed by atoms with Gasteiger partial charge in [0, 0.05) is 31.4 Å². The van der Waals surface area contributed by atoms with Gasteiger partial charge in [0.2, 0.25) is 0 Å². The molecule has 4 heteroatoms. The second-order valence-corrected chi connectivity index (χ2v) is 5.58. The van der Waals surface area contributed by atoms with Crippen LogP contribution in [0.4, 0.5) is 5.69 Å². The fourth-order valence-corrected chi connectivity index (χ4v) is 2.91. The lowest BCUT2D eigenvalue weighted by molar-refractivity contribution is -0.134. The Morgan fingerprint density at radius 2 is 2.05 bits per heavy atom. The smallest absolute Gasteiger partial charge is 0.260 e. The minimum atomic E-state index is 0.107. The molecule has 1 aromatic carbocycles. The Labute approximate surface area is 120 Å². The summed E-state index contributed by atoms with van der Waals surface area (Å²) in [5, 5.41) is 3.38. The van der Waals surface area contributed by atoms with E-state index in [0.717, 1.165) is 50.3 Å². The quantitative estimate of drug-likeness (QED) is 0.920. The number of hydrogen-bond acceptors (Lipinski definition) is 3. The zero-order valence-electron chi connectivity index (χ0n) is 11.9. The molecule has 0 unspecified atom stereocenters. The second kappa shape index (κ2) is 6.16. The maximum Gasteiger partial charge on any atom is 0.260 e. The fraction of sp³-hybridized carbons (Fsp3) is 0.562. The van der Waals surface area contributed by atoms with Crippen LogP contribution in [0.1, 0.15) is 31.2 Å². The van der Waals surface area contributed by atoms with Crippen molar-refractivity contribution in [2.45, 2.75) is 32.1 Å². The van der Waals surface area contributed by atoms with Crippen molar-refractivity contribution in [1.82, 2.24) is 4.90 Å². The molecular formula is C16H22N2O2. The highest BCUT2D eigenvalue weighted by atomic mass is 16.5. The molecule has 0 spiro atoms. The Balaban J connectivity index is 1.56. The highest BCUT2D eigenvalue weighted by molar-refractivity contribution is 5.77. The van der Waals surface area contributed by atoms with E-state index < -0.39 is 0 Å². The molecule has 1 saturated heterocycles. The van der Waals surface area contributed by atoms with Crippen LogP contribution >= 0.6 is 0 Å². The number of nitrogens with zero attached hydrogens (tertiary/aromatic N) is 1. The maximum absolute atomic E-state index is 12.0. The first-order chi connectivity index (χ1) is 9.83. The van der Waals surface area contributed by atoms with Crippen LogP contribution in [0.2, 0.25) is 0 Å². The van der Waals surface area contributed by atoms with E-state index in [-0.39, 0.29) is 12.5 Å². The molecule has 1 fully saturated rings. The van der Waals surface area contributed by atoms with Gasteiger partial charge in [-0.25, -0.2) is 0 Å². The van der Waals surface area contributed by atoms with Gasteiger partial charge >= 0.3 is 0 Å². The van der Waals surface area contributed by atoms with E-state index in [9.17, 15) is 4.79 Å². The number of nitrogens with one attached hydrogen (secondary N) is 1. The van der Waals surface area contributed by atoms with E-state index in [1.54, 1.807) is 0 Å². The first-order valence-corrected chi connectivity index (χ1v) is 7.60. The van der Waals surface area contributed by atoms with Gasteiger partial charge in [0.05, 0.1) is 0 Å². The summed E-state index contributed by atoms with van der Waals surface area (Å²) in [4.78, 5) is 14.0. The molecule has 1 amide bonds. The first-order valence-electron chi connectivity index (χ1n) is 7.60. The third-order valence-electron chi connectivity index (χ3n) is 4.09. The molecule has 0 saturated carbocycles. The van der Waals surface area contributed by atoms with Gasteiger partial charge in [-0.05, 0) is 43.7 Å². The summed E-state index contributed by atoms with van der Waals surface area (Å²) < 4.78 is 5.66. The molecule has 2 aliphatic heterocycles. The number of piperidine rings is 1. The van der Waals surface area contributed by atoms with Crippen LogP contribution in [0, 0.1) is 0 Å². The van der Waals surface area contributed by atoms with Crippen molar-refractivity contribution in [3.8, 4) is 5.75 Å². The second-order valence-electron chi connectivity index (χ2n) is 5.58. The normalized spacial score (nSPS) is 18.1. The van der Waals surface area contributed by atoms with E-state index in [1.165, 1.54) is 18.4 Å². The van der Waals surface area contributed by atoms with Gasteiger partial charge < -0.3 is 15.0 Å². The average molecular weight is 274 g/mol. The van der Waals surface area contributed by atoms with Crippen LogP contribution < -0.4 is 10.1 Å². The number of carbonyl (C=O) groups is 1. The fourth-order valence-electron chi connectivity index (χ4n) is 2.91. The third kappa shape index (κ3) is 3.06. The number of hydrogen-bond donors (Lipinski definition) is 1. The number of amides is 1. The third-order valence-corrected chi connectivity index (χ3v) is 4.09. The molecule has 0 radical (unpaired) electrons. The van der Waals surface area contributed by atoms with Crippen molar-refractivity contribution in [3.63, 3.8) is 0 Å². The van der Waals surface area contributed by atoms with E-state index in [2.05, 4.69) is 11.4 Å². The van der Waals surface area contributed by atoms with Crippen LogP contribution in [0.3, 0.4) is 0 Å². The van der Waals surface area contributed by atoms with Gasteiger partial charge in [-0.3, -0.25) is 4.79 Å². The highest BCUT2D eigenvalue weighted by Crippen LogP contribution is 2.26. The van der Waals surface area contributed by atoms with Gasteiger partial charge in [-0.1, -0.05) is 6.07 Å². The summed E-state index contributed by atoms with van der Waals surface area (Å²) in [6.45, 7) is 2.93. The lowest BCUT2D eigenvalue weighted by Crippen LogP contribution is -2.38. The molecule has 108 valence electrons. The average Bonchev–Trinajstić information content (AvgIpc) is 2.53. The lowest BCUT2D eigenvalue weighted by atomic mass is 10.0. The molecule has 4 nitrogen and oxygen atoms in total. The summed E-state index contributed by atoms with van der Waals surface area (Å²) in [7, 11) is 0. The van der Waals surface area contributed by atoms with Crippen LogP contribution in [0.15, 0.2) is 18.2 Å². The lowest BCUT2D eigenvalue weighted by Gasteiger charge is -2.26. The van der Waals surface area contributed by atoms with Crippen LogP contribution in [-0.4, -0.2) is 37.0 Å². The minimum absolute atomic E-state index is 0.107. The summed E-state index contributed by atoms with van der Waals surface area (Å²) in [6, 6.07) is 6.08. The Kier molecular flexibility index (Phi) is 4.09. The van der Waals surface area contributed by atoms with Gasteiger partial charge in [-0.15, -0.1) is 0 Å². The summed E-state index contributed by atoms with van der Waals surface area (Å²) >= 11 is 0. The topological polar surface area (TPSA) is 41.6 Å². The van der Waals surface area contributed by atoms with E-state index >= 15 is 0 Å². The van der Waals surface area contributed by atoms with E-state index in [4.69, 9.17) is 4.74 Å². The minimum Gasteiger partial charge on any atom is -0.484 e. The number of benzene rings is 1. The van der Waals surface area contributed by atoms with E-state index in [0.29, 0.717) is 0 Å². The van der Waals surface area contributed by atoms with Crippen molar-refractivity contribution < 1.29 is 9.53 Å². The van der Waals surface area contributed by atoms with Gasteiger partial charge in [0.1, 0.15) is 5.75 Å². The molecule has 0 atom stereocenters. The summed E-state index contributed by atoms with van der Waals surface area (Å²) in [6.07, 6.45) is 5.78. The highest BCUT2D eigenvalue weighted by Gasteiger charge is 2.17. The number of carbonyl (C=O) groups excluding carboxylic acids is 1. The van der Waals surface area contributed by atoms with Crippen LogP contribution in [0.5, 0.6) is 5.75 Å². The monoisotopic (exact) mass is 274 g/mol. The SMILES string of the molecule is O=C(COc1ccc2c(c1)NCCC2)N1CCCCC1. The maximum atomic E-state index is 12.0. The molecule has 2 aliphatic rings. The molecule has 20 heavy (non-hydrogen) atoms. The zero-order chi connectivity index (χ0) is 13.8. The Morgan fingerprint density at radius 1 is 1.20 bits per heavy atom. The van der Waals surface area contributed by atoms with Gasteiger partial charge in [0.25, 0.3) is 5.91 Å². The molecule has 3 rings (SSSR count). The van der Waals surface area contributed by atoms with Crippen molar-refractivity contribution in [2.75, 3.05) is 31.6 Å². The van der Waals surface area contributed by atoms with Crippen LogP contribution in [0.25, 0.3) is 0 Å². The number of rotatable bonds is 3. The van der Waals surface area contributed by atoms with Gasteiger partial charge in [-0.2, -0.15) is 0 Å². The Morgan fingerprint density at radius 3 is 2.90 bits per heavy atom. The predicted octanol–water partition coefficient (Wildman–Crippen LogP) is 2.44. The van der Waals surface area contributed by atoms with E-state index in [1.807, 2.05) is 17.0 Å². The molecule has 1 N–H and O–H groups in total. The standard InChI is InChI=1S/C16H22N2O2/c19-16(18-9-2-1-3-10-18)12-20-14-7-6-13-5-4-8-17-15(13)11-14/h6-7,11,17H,1-5,8-10,12H2. The van der Waals surface area contributed by atoms with Gasteiger partial charge in [0.15, 0.2) is 6.61 Å². The largest absolute Gasteiger partial charge is 0.484 e. The number of fused-ring (bicyclic) bond motifs is 1. The van der Waals surface area contributed by atoms with Crippen molar-refractivity contribution >= 4 is 11.6 Å². The van der Waals surface area contributed by atoms with Crippen LogP contribution in [-0.2, 0) is 11.2 Å². The predicted molar refractivity (Wildman–Crippen MR) is 79.2 cm³/mol. The number of aryl methyl sites for hydroxylation is 1. The van der Waals surface area contributed by atoms with Crippen molar-refractivity contribution in [1.29, 1.82) is 0 Å². The number of likely N-dealkylation sites (tertiary alicyclic amines) is 1. The molecule has 0 aliphatic carbocycles. The summed E-state index contributed by atoms with van der Waals surface area (Å²) in [5.41, 5.74) is 2.49. The molecule has 0 aromatic heterocycles.